The van der Waals surface area contributed by atoms with Gasteiger partial charge in [-0.25, -0.2) is 8.42 Å². The Morgan fingerprint density at radius 3 is 2.30 bits per heavy atom. The molecule has 0 N–H and O–H groups in total. The molecule has 1 aromatic carbocycles. The van der Waals surface area contributed by atoms with Crippen molar-refractivity contribution in [2.45, 2.75) is 39.2 Å². The number of benzene rings is 1. The number of rotatable bonds is 5. The maximum atomic E-state index is 12.5. The van der Waals surface area contributed by atoms with Gasteiger partial charge in [0.05, 0.1) is 12.8 Å². The summed E-state index contributed by atoms with van der Waals surface area (Å²) in [6, 6.07) is 7.67. The average Bonchev–Trinajstić information content (AvgIpc) is 2.76. The summed E-state index contributed by atoms with van der Waals surface area (Å²) in [5, 5.41) is 0. The first-order valence-electron chi connectivity index (χ1n) is 8.15. The number of aryl methyl sites for hydroxylation is 1. The van der Waals surface area contributed by atoms with Gasteiger partial charge in [-0.2, -0.15) is 4.31 Å². The SMILES string of the molecule is Cc1ccccc1CN(CC(=O)N1CCCCCC1)S(C)(=O)=O. The zero-order valence-corrected chi connectivity index (χ0v) is 14.8. The summed E-state index contributed by atoms with van der Waals surface area (Å²) in [6.45, 7) is 3.59. The largest absolute Gasteiger partial charge is 0.342 e. The minimum absolute atomic E-state index is 0.0762. The van der Waals surface area contributed by atoms with E-state index >= 15 is 0 Å². The Labute approximate surface area is 139 Å². The molecule has 1 aliphatic rings. The Morgan fingerprint density at radius 1 is 1.13 bits per heavy atom. The van der Waals surface area contributed by atoms with Crippen LogP contribution in [0.2, 0.25) is 0 Å². The van der Waals surface area contributed by atoms with E-state index in [-0.39, 0.29) is 19.0 Å². The number of hydrogen-bond donors (Lipinski definition) is 0. The van der Waals surface area contributed by atoms with Crippen LogP contribution in [0.25, 0.3) is 0 Å². The summed E-state index contributed by atoms with van der Waals surface area (Å²) in [5.74, 6) is -0.0918. The van der Waals surface area contributed by atoms with Crippen molar-refractivity contribution < 1.29 is 13.2 Å². The normalized spacial score (nSPS) is 16.4. The second-order valence-electron chi connectivity index (χ2n) is 6.25. The highest BCUT2D eigenvalue weighted by molar-refractivity contribution is 7.88. The smallest absolute Gasteiger partial charge is 0.237 e. The summed E-state index contributed by atoms with van der Waals surface area (Å²) in [6.07, 6.45) is 5.46. The van der Waals surface area contributed by atoms with Gasteiger partial charge >= 0.3 is 0 Å². The molecular formula is C17H26N2O3S. The fourth-order valence-electron chi connectivity index (χ4n) is 2.84. The van der Waals surface area contributed by atoms with Gasteiger partial charge in [-0.05, 0) is 30.9 Å². The van der Waals surface area contributed by atoms with E-state index in [0.717, 1.165) is 49.9 Å². The van der Waals surface area contributed by atoms with E-state index in [9.17, 15) is 13.2 Å². The molecule has 1 aromatic rings. The Balaban J connectivity index is 2.10. The van der Waals surface area contributed by atoms with Crippen LogP contribution < -0.4 is 0 Å². The lowest BCUT2D eigenvalue weighted by molar-refractivity contribution is -0.131. The molecule has 1 saturated heterocycles. The van der Waals surface area contributed by atoms with Crippen LogP contribution in [-0.4, -0.2) is 49.4 Å². The number of sulfonamides is 1. The van der Waals surface area contributed by atoms with E-state index in [4.69, 9.17) is 0 Å². The number of carbonyl (C=O) groups excluding carboxylic acids is 1. The second kappa shape index (κ2) is 7.93. The molecule has 5 nitrogen and oxygen atoms in total. The van der Waals surface area contributed by atoms with Crippen LogP contribution in [0.15, 0.2) is 24.3 Å². The highest BCUT2D eigenvalue weighted by Gasteiger charge is 2.24. The van der Waals surface area contributed by atoms with Crippen molar-refractivity contribution in [2.75, 3.05) is 25.9 Å². The summed E-state index contributed by atoms with van der Waals surface area (Å²) >= 11 is 0. The lowest BCUT2D eigenvalue weighted by atomic mass is 10.1. The third-order valence-electron chi connectivity index (χ3n) is 4.35. The van der Waals surface area contributed by atoms with Gasteiger partial charge in [-0.1, -0.05) is 37.1 Å². The number of hydrogen-bond acceptors (Lipinski definition) is 3. The molecule has 0 atom stereocenters. The first-order valence-corrected chi connectivity index (χ1v) is 10.00. The van der Waals surface area contributed by atoms with E-state index in [1.54, 1.807) is 0 Å². The molecule has 1 fully saturated rings. The molecule has 0 aromatic heterocycles. The van der Waals surface area contributed by atoms with Crippen molar-refractivity contribution >= 4 is 15.9 Å². The molecule has 1 amide bonds. The van der Waals surface area contributed by atoms with Crippen molar-refractivity contribution in [2.24, 2.45) is 0 Å². The molecule has 0 aliphatic carbocycles. The van der Waals surface area contributed by atoms with E-state index in [1.807, 2.05) is 36.1 Å². The minimum Gasteiger partial charge on any atom is -0.342 e. The highest BCUT2D eigenvalue weighted by Crippen LogP contribution is 2.15. The molecule has 0 saturated carbocycles. The molecular weight excluding hydrogens is 312 g/mol. The van der Waals surface area contributed by atoms with Gasteiger partial charge in [0.25, 0.3) is 0 Å². The summed E-state index contributed by atoms with van der Waals surface area (Å²) < 4.78 is 25.5. The summed E-state index contributed by atoms with van der Waals surface area (Å²) in [7, 11) is -3.44. The first kappa shape index (κ1) is 17.9. The quantitative estimate of drug-likeness (QED) is 0.827. The fraction of sp³-hybridized carbons (Fsp3) is 0.588. The third kappa shape index (κ3) is 5.32. The molecule has 0 bridgehead atoms. The predicted octanol–water partition coefficient (Wildman–Crippen LogP) is 2.16. The van der Waals surface area contributed by atoms with Gasteiger partial charge in [0.2, 0.25) is 15.9 Å². The van der Waals surface area contributed by atoms with E-state index in [1.165, 1.54) is 10.6 Å². The van der Waals surface area contributed by atoms with Crippen LogP contribution >= 0.6 is 0 Å². The van der Waals surface area contributed by atoms with Crippen molar-refractivity contribution in [1.82, 2.24) is 9.21 Å². The topological polar surface area (TPSA) is 57.7 Å². The Kier molecular flexibility index (Phi) is 6.18. The third-order valence-corrected chi connectivity index (χ3v) is 5.54. The van der Waals surface area contributed by atoms with Gasteiger partial charge in [-0.15, -0.1) is 0 Å². The van der Waals surface area contributed by atoms with E-state index < -0.39 is 10.0 Å². The van der Waals surface area contributed by atoms with Crippen molar-refractivity contribution in [3.63, 3.8) is 0 Å². The monoisotopic (exact) mass is 338 g/mol. The van der Waals surface area contributed by atoms with Crippen LogP contribution in [-0.2, 0) is 21.4 Å². The zero-order chi connectivity index (χ0) is 16.9. The average molecular weight is 338 g/mol. The van der Waals surface area contributed by atoms with Crippen molar-refractivity contribution in [1.29, 1.82) is 0 Å². The molecule has 6 heteroatoms. The number of carbonyl (C=O) groups is 1. The fourth-order valence-corrected chi connectivity index (χ4v) is 3.56. The maximum Gasteiger partial charge on any atom is 0.237 e. The van der Waals surface area contributed by atoms with E-state index in [0.29, 0.717) is 0 Å². The summed E-state index contributed by atoms with van der Waals surface area (Å²) in [4.78, 5) is 14.3. The van der Waals surface area contributed by atoms with Gasteiger partial charge in [-0.3, -0.25) is 4.79 Å². The van der Waals surface area contributed by atoms with E-state index in [2.05, 4.69) is 0 Å². The number of nitrogens with zero attached hydrogens (tertiary/aromatic N) is 2. The maximum absolute atomic E-state index is 12.5. The van der Waals surface area contributed by atoms with Gasteiger partial charge in [0.1, 0.15) is 0 Å². The molecule has 0 spiro atoms. The Bertz CT molecular complexity index is 635. The molecule has 23 heavy (non-hydrogen) atoms. The molecule has 0 unspecified atom stereocenters. The van der Waals surface area contributed by atoms with Crippen LogP contribution in [0.3, 0.4) is 0 Å². The standard InChI is InChI=1S/C17H26N2O3S/c1-15-9-5-6-10-16(15)13-19(23(2,21)22)14-17(20)18-11-7-3-4-8-12-18/h5-6,9-10H,3-4,7-8,11-14H2,1-2H3. The molecule has 1 heterocycles. The Morgan fingerprint density at radius 2 is 1.74 bits per heavy atom. The zero-order valence-electron chi connectivity index (χ0n) is 14.0. The predicted molar refractivity (Wildman–Crippen MR) is 91.5 cm³/mol. The number of amides is 1. The lowest BCUT2D eigenvalue weighted by Gasteiger charge is -2.25. The van der Waals surface area contributed by atoms with Crippen LogP contribution in [0, 0.1) is 6.92 Å². The van der Waals surface area contributed by atoms with Crippen LogP contribution in [0.1, 0.15) is 36.8 Å². The first-order chi connectivity index (χ1) is 10.9. The second-order valence-corrected chi connectivity index (χ2v) is 8.23. The summed E-state index contributed by atoms with van der Waals surface area (Å²) in [5.41, 5.74) is 1.96. The minimum atomic E-state index is -3.44. The highest BCUT2D eigenvalue weighted by atomic mass is 32.2. The molecule has 2 rings (SSSR count). The molecule has 0 radical (unpaired) electrons. The van der Waals surface area contributed by atoms with Gasteiger partial charge < -0.3 is 4.90 Å². The van der Waals surface area contributed by atoms with Gasteiger partial charge in [0, 0.05) is 19.6 Å². The van der Waals surface area contributed by atoms with Gasteiger partial charge in [0.15, 0.2) is 0 Å². The molecule has 128 valence electrons. The lowest BCUT2D eigenvalue weighted by Crippen LogP contribution is -2.42. The van der Waals surface area contributed by atoms with Crippen molar-refractivity contribution in [3.8, 4) is 0 Å². The van der Waals surface area contributed by atoms with Crippen molar-refractivity contribution in [3.05, 3.63) is 35.4 Å². The Hall–Kier alpha value is -1.40. The molecule has 1 aliphatic heterocycles. The van der Waals surface area contributed by atoms with Crippen LogP contribution in [0.5, 0.6) is 0 Å². The van der Waals surface area contributed by atoms with Crippen LogP contribution in [0.4, 0.5) is 0 Å². The number of likely N-dealkylation sites (tertiary alicyclic amines) is 1.